The maximum absolute atomic E-state index is 3.71. The first kappa shape index (κ1) is 6.56. The third kappa shape index (κ3) is 1.22. The lowest BCUT2D eigenvalue weighted by Gasteiger charge is -1.82. The van der Waals surface area contributed by atoms with Crippen molar-refractivity contribution >= 4 is 17.4 Å². The van der Waals surface area contributed by atoms with E-state index in [9.17, 15) is 0 Å². The highest BCUT2D eigenvalue weighted by atomic mass is 32.1. The molecule has 0 fully saturated rings. The van der Waals surface area contributed by atoms with Gasteiger partial charge in [-0.25, -0.2) is 0 Å². The van der Waals surface area contributed by atoms with E-state index in [4.69, 9.17) is 0 Å². The molecular formula is C8H10S. The summed E-state index contributed by atoms with van der Waals surface area (Å²) in [6.45, 7) is 7.95. The van der Waals surface area contributed by atoms with Crippen LogP contribution in [0, 0.1) is 13.8 Å². The van der Waals surface area contributed by atoms with Gasteiger partial charge in [0.05, 0.1) is 0 Å². The molecule has 0 aliphatic heterocycles. The normalized spacial score (nSPS) is 9.56. The van der Waals surface area contributed by atoms with E-state index in [0.29, 0.717) is 0 Å². The van der Waals surface area contributed by atoms with Crippen LogP contribution >= 0.6 is 11.3 Å². The maximum atomic E-state index is 3.71. The Kier molecular flexibility index (Phi) is 1.72. The SMILES string of the molecule is C=Cc1cc(C)sc1C. The summed E-state index contributed by atoms with van der Waals surface area (Å²) in [7, 11) is 0. The van der Waals surface area contributed by atoms with E-state index in [1.165, 1.54) is 15.3 Å². The molecule has 0 saturated carbocycles. The van der Waals surface area contributed by atoms with Crippen molar-refractivity contribution in [2.75, 3.05) is 0 Å². The highest BCUT2D eigenvalue weighted by molar-refractivity contribution is 7.12. The van der Waals surface area contributed by atoms with Crippen LogP contribution in [0.4, 0.5) is 0 Å². The molecule has 1 heteroatoms. The quantitative estimate of drug-likeness (QED) is 0.559. The van der Waals surface area contributed by atoms with Crippen LogP contribution in [0.3, 0.4) is 0 Å². The van der Waals surface area contributed by atoms with Gasteiger partial charge in [-0.05, 0) is 25.5 Å². The minimum Gasteiger partial charge on any atom is -0.145 e. The minimum atomic E-state index is 1.28. The van der Waals surface area contributed by atoms with E-state index < -0.39 is 0 Å². The third-order valence-corrected chi connectivity index (χ3v) is 2.28. The van der Waals surface area contributed by atoms with Crippen molar-refractivity contribution in [1.29, 1.82) is 0 Å². The molecule has 0 aromatic carbocycles. The van der Waals surface area contributed by atoms with E-state index in [-0.39, 0.29) is 0 Å². The Balaban J connectivity index is 3.15. The van der Waals surface area contributed by atoms with Gasteiger partial charge in [0.25, 0.3) is 0 Å². The van der Waals surface area contributed by atoms with Gasteiger partial charge in [-0.2, -0.15) is 0 Å². The third-order valence-electron chi connectivity index (χ3n) is 1.30. The lowest BCUT2D eigenvalue weighted by atomic mass is 10.2. The zero-order valence-electron chi connectivity index (χ0n) is 5.77. The summed E-state index contributed by atoms with van der Waals surface area (Å²) < 4.78 is 0. The van der Waals surface area contributed by atoms with E-state index in [1.54, 1.807) is 0 Å². The Labute approximate surface area is 59.8 Å². The maximum Gasteiger partial charge on any atom is 0.00891 e. The van der Waals surface area contributed by atoms with Crippen molar-refractivity contribution < 1.29 is 0 Å². The minimum absolute atomic E-state index is 1.28. The number of hydrogen-bond donors (Lipinski definition) is 0. The van der Waals surface area contributed by atoms with Gasteiger partial charge < -0.3 is 0 Å². The molecule has 0 atom stereocenters. The van der Waals surface area contributed by atoms with Crippen LogP contribution in [0.5, 0.6) is 0 Å². The van der Waals surface area contributed by atoms with Crippen molar-refractivity contribution in [2.24, 2.45) is 0 Å². The average Bonchev–Trinajstić information content (AvgIpc) is 2.10. The summed E-state index contributed by atoms with van der Waals surface area (Å²) in [5.41, 5.74) is 1.28. The predicted molar refractivity (Wildman–Crippen MR) is 43.9 cm³/mol. The first-order chi connectivity index (χ1) is 4.24. The van der Waals surface area contributed by atoms with E-state index in [0.717, 1.165) is 0 Å². The molecule has 0 saturated heterocycles. The van der Waals surface area contributed by atoms with Crippen LogP contribution in [0.25, 0.3) is 6.08 Å². The first-order valence-electron chi connectivity index (χ1n) is 2.93. The molecule has 1 heterocycles. The predicted octanol–water partition coefficient (Wildman–Crippen LogP) is 3.01. The van der Waals surface area contributed by atoms with Crippen molar-refractivity contribution in [3.05, 3.63) is 28.0 Å². The van der Waals surface area contributed by atoms with Crippen LogP contribution in [0.2, 0.25) is 0 Å². The van der Waals surface area contributed by atoms with E-state index >= 15 is 0 Å². The Hall–Kier alpha value is -0.560. The van der Waals surface area contributed by atoms with Gasteiger partial charge in [0.15, 0.2) is 0 Å². The lowest BCUT2D eigenvalue weighted by Crippen LogP contribution is -1.63. The van der Waals surface area contributed by atoms with Gasteiger partial charge in [-0.1, -0.05) is 12.7 Å². The summed E-state index contributed by atoms with van der Waals surface area (Å²) in [5, 5.41) is 0. The fourth-order valence-electron chi connectivity index (χ4n) is 0.853. The van der Waals surface area contributed by atoms with Crippen molar-refractivity contribution in [3.63, 3.8) is 0 Å². The Morgan fingerprint density at radius 3 is 2.44 bits per heavy atom. The largest absolute Gasteiger partial charge is 0.145 e. The van der Waals surface area contributed by atoms with Crippen molar-refractivity contribution in [1.82, 2.24) is 0 Å². The van der Waals surface area contributed by atoms with E-state index in [2.05, 4.69) is 26.5 Å². The molecule has 9 heavy (non-hydrogen) atoms. The summed E-state index contributed by atoms with van der Waals surface area (Å²) >= 11 is 1.82. The summed E-state index contributed by atoms with van der Waals surface area (Å²) in [6, 6.07) is 2.16. The van der Waals surface area contributed by atoms with Gasteiger partial charge in [-0.15, -0.1) is 11.3 Å². The number of hydrogen-bond acceptors (Lipinski definition) is 1. The molecule has 0 radical (unpaired) electrons. The Morgan fingerprint density at radius 2 is 2.22 bits per heavy atom. The summed E-state index contributed by atoms with van der Waals surface area (Å²) in [5.74, 6) is 0. The van der Waals surface area contributed by atoms with Gasteiger partial charge in [0, 0.05) is 9.75 Å². The van der Waals surface area contributed by atoms with Gasteiger partial charge in [-0.3, -0.25) is 0 Å². The van der Waals surface area contributed by atoms with Gasteiger partial charge >= 0.3 is 0 Å². The molecule has 0 aliphatic rings. The second kappa shape index (κ2) is 2.36. The molecule has 0 N–H and O–H groups in total. The van der Waals surface area contributed by atoms with Gasteiger partial charge in [0.1, 0.15) is 0 Å². The fraction of sp³-hybridized carbons (Fsp3) is 0.250. The molecule has 1 aromatic heterocycles. The Morgan fingerprint density at radius 1 is 1.56 bits per heavy atom. The molecule has 0 nitrogen and oxygen atoms in total. The van der Waals surface area contributed by atoms with Crippen LogP contribution in [-0.4, -0.2) is 0 Å². The number of rotatable bonds is 1. The summed E-state index contributed by atoms with van der Waals surface area (Å²) in [4.78, 5) is 2.73. The number of aryl methyl sites for hydroxylation is 2. The Bertz CT molecular complexity index is 220. The lowest BCUT2D eigenvalue weighted by molar-refractivity contribution is 1.58. The molecule has 0 aliphatic carbocycles. The molecular weight excluding hydrogens is 128 g/mol. The topological polar surface area (TPSA) is 0 Å². The molecule has 0 bridgehead atoms. The molecule has 0 unspecified atom stereocenters. The fourth-order valence-corrected chi connectivity index (χ4v) is 1.78. The molecule has 1 rings (SSSR count). The standard InChI is InChI=1S/C8H10S/c1-4-8-5-6(2)9-7(8)3/h4-5H,1H2,2-3H3. The molecule has 0 amide bonds. The molecule has 0 spiro atoms. The average molecular weight is 138 g/mol. The smallest absolute Gasteiger partial charge is 0.00891 e. The number of thiophene rings is 1. The highest BCUT2D eigenvalue weighted by Crippen LogP contribution is 2.20. The zero-order valence-corrected chi connectivity index (χ0v) is 6.59. The summed E-state index contributed by atoms with van der Waals surface area (Å²) in [6.07, 6.45) is 1.90. The van der Waals surface area contributed by atoms with Crippen molar-refractivity contribution in [3.8, 4) is 0 Å². The highest BCUT2D eigenvalue weighted by Gasteiger charge is 1.95. The first-order valence-corrected chi connectivity index (χ1v) is 3.75. The molecule has 1 aromatic rings. The van der Waals surface area contributed by atoms with Gasteiger partial charge in [0.2, 0.25) is 0 Å². The zero-order chi connectivity index (χ0) is 6.85. The molecule has 48 valence electrons. The van der Waals surface area contributed by atoms with Crippen molar-refractivity contribution in [2.45, 2.75) is 13.8 Å². The van der Waals surface area contributed by atoms with Crippen LogP contribution < -0.4 is 0 Å². The second-order valence-electron chi connectivity index (χ2n) is 2.07. The van der Waals surface area contributed by atoms with Crippen LogP contribution in [0.1, 0.15) is 15.3 Å². The van der Waals surface area contributed by atoms with E-state index in [1.807, 2.05) is 17.4 Å². The second-order valence-corrected chi connectivity index (χ2v) is 3.53. The van der Waals surface area contributed by atoms with Crippen LogP contribution in [-0.2, 0) is 0 Å². The monoisotopic (exact) mass is 138 g/mol. The van der Waals surface area contributed by atoms with Crippen LogP contribution in [0.15, 0.2) is 12.6 Å².